The number of aryl methyl sites for hydroxylation is 1. The summed E-state index contributed by atoms with van der Waals surface area (Å²) >= 11 is 6.18. The number of primary amides is 1. The minimum Gasteiger partial charge on any atom is -0.369 e. The van der Waals surface area contributed by atoms with E-state index < -0.39 is 0 Å². The third-order valence-electron chi connectivity index (χ3n) is 4.78. The molecule has 1 aliphatic heterocycles. The summed E-state index contributed by atoms with van der Waals surface area (Å²) in [5, 5.41) is 0.296. The third-order valence-corrected chi connectivity index (χ3v) is 5.09. The van der Waals surface area contributed by atoms with Crippen molar-refractivity contribution >= 4 is 23.4 Å². The Morgan fingerprint density at radius 1 is 1.27 bits per heavy atom. The molecule has 2 aromatic rings. The lowest BCUT2D eigenvalue weighted by atomic mass is 9.96. The van der Waals surface area contributed by atoms with E-state index >= 15 is 0 Å². The smallest absolute Gasteiger partial charge is 0.253 e. The first kappa shape index (κ1) is 18.4. The van der Waals surface area contributed by atoms with Crippen LogP contribution in [0.4, 0.5) is 4.39 Å². The Bertz CT molecular complexity index is 869. The normalized spacial score (nSPS) is 17.2. The van der Waals surface area contributed by atoms with E-state index in [4.69, 9.17) is 17.3 Å². The van der Waals surface area contributed by atoms with E-state index in [0.717, 1.165) is 12.0 Å². The highest BCUT2D eigenvalue weighted by Crippen LogP contribution is 2.31. The van der Waals surface area contributed by atoms with Gasteiger partial charge in [-0.15, -0.1) is 0 Å². The van der Waals surface area contributed by atoms with Crippen LogP contribution in [0.3, 0.4) is 0 Å². The molecule has 0 saturated carbocycles. The molecule has 3 rings (SSSR count). The van der Waals surface area contributed by atoms with E-state index in [9.17, 15) is 14.0 Å². The number of carbonyl (C=O) groups is 2. The minimum absolute atomic E-state index is 0.146. The fourth-order valence-electron chi connectivity index (χ4n) is 3.27. The van der Waals surface area contributed by atoms with Gasteiger partial charge in [0.1, 0.15) is 5.82 Å². The van der Waals surface area contributed by atoms with Crippen molar-refractivity contribution in [3.63, 3.8) is 0 Å². The van der Waals surface area contributed by atoms with Crippen LogP contribution in [-0.2, 0) is 4.79 Å². The van der Waals surface area contributed by atoms with E-state index in [2.05, 4.69) is 0 Å². The van der Waals surface area contributed by atoms with Gasteiger partial charge in [0.2, 0.25) is 5.91 Å². The van der Waals surface area contributed by atoms with Crippen molar-refractivity contribution in [3.05, 3.63) is 58.4 Å². The number of nitrogens with two attached hydrogens (primary N) is 1. The summed E-state index contributed by atoms with van der Waals surface area (Å²) in [6.07, 6.45) is 1.46. The quantitative estimate of drug-likeness (QED) is 0.888. The lowest BCUT2D eigenvalue weighted by molar-refractivity contribution is -0.123. The highest BCUT2D eigenvalue weighted by molar-refractivity contribution is 6.33. The maximum absolute atomic E-state index is 13.6. The van der Waals surface area contributed by atoms with Crippen molar-refractivity contribution in [3.8, 4) is 11.1 Å². The summed E-state index contributed by atoms with van der Waals surface area (Å²) in [6.45, 7) is 2.61. The second-order valence-corrected chi connectivity index (χ2v) is 7.06. The molecule has 0 aliphatic carbocycles. The van der Waals surface area contributed by atoms with E-state index in [1.165, 1.54) is 6.07 Å². The molecule has 0 bridgehead atoms. The van der Waals surface area contributed by atoms with Gasteiger partial charge in [0, 0.05) is 24.2 Å². The number of likely N-dealkylation sites (tertiary alicyclic amines) is 1. The Balaban J connectivity index is 1.89. The van der Waals surface area contributed by atoms with Gasteiger partial charge in [0.15, 0.2) is 0 Å². The SMILES string of the molecule is Cc1cc(-c2cccc(C(=O)N3CCC[C@H](C(N)=O)C3)c2)c(Cl)cc1F. The first-order chi connectivity index (χ1) is 12.4. The van der Waals surface area contributed by atoms with Gasteiger partial charge in [-0.05, 0) is 55.2 Å². The van der Waals surface area contributed by atoms with E-state index in [0.29, 0.717) is 41.2 Å². The molecule has 1 saturated heterocycles. The zero-order valence-electron chi connectivity index (χ0n) is 14.5. The largest absolute Gasteiger partial charge is 0.369 e. The average molecular weight is 375 g/mol. The first-order valence-corrected chi connectivity index (χ1v) is 8.89. The molecule has 1 atom stereocenters. The average Bonchev–Trinajstić information content (AvgIpc) is 2.64. The molecule has 2 aromatic carbocycles. The van der Waals surface area contributed by atoms with Crippen molar-refractivity contribution in [2.75, 3.05) is 13.1 Å². The summed E-state index contributed by atoms with van der Waals surface area (Å²) in [5.41, 5.74) is 7.80. The van der Waals surface area contributed by atoms with Crippen molar-refractivity contribution < 1.29 is 14.0 Å². The predicted molar refractivity (Wildman–Crippen MR) is 99.4 cm³/mol. The highest BCUT2D eigenvalue weighted by Gasteiger charge is 2.27. The number of piperidine rings is 1. The van der Waals surface area contributed by atoms with Gasteiger partial charge in [0.25, 0.3) is 5.91 Å². The van der Waals surface area contributed by atoms with Gasteiger partial charge in [-0.25, -0.2) is 4.39 Å². The summed E-state index contributed by atoms with van der Waals surface area (Å²) < 4.78 is 13.6. The highest BCUT2D eigenvalue weighted by atomic mass is 35.5. The lowest BCUT2D eigenvalue weighted by Gasteiger charge is -2.31. The zero-order valence-corrected chi connectivity index (χ0v) is 15.2. The molecule has 0 radical (unpaired) electrons. The van der Waals surface area contributed by atoms with Crippen LogP contribution in [0.25, 0.3) is 11.1 Å². The van der Waals surface area contributed by atoms with Crippen LogP contribution in [-0.4, -0.2) is 29.8 Å². The van der Waals surface area contributed by atoms with Crippen LogP contribution in [0.1, 0.15) is 28.8 Å². The van der Waals surface area contributed by atoms with Crippen molar-refractivity contribution in [2.24, 2.45) is 11.7 Å². The molecule has 4 nitrogen and oxygen atoms in total. The summed E-state index contributed by atoms with van der Waals surface area (Å²) in [5.74, 6) is -1.18. The number of halogens is 2. The second kappa shape index (κ2) is 7.46. The lowest BCUT2D eigenvalue weighted by Crippen LogP contribution is -2.44. The van der Waals surface area contributed by atoms with Crippen LogP contribution < -0.4 is 5.73 Å². The molecule has 6 heteroatoms. The summed E-state index contributed by atoms with van der Waals surface area (Å²) in [4.78, 5) is 25.9. The van der Waals surface area contributed by atoms with Gasteiger partial charge in [0.05, 0.1) is 10.9 Å². The van der Waals surface area contributed by atoms with Gasteiger partial charge < -0.3 is 10.6 Å². The molecular formula is C20H20ClFN2O2. The Hall–Kier alpha value is -2.40. The summed E-state index contributed by atoms with van der Waals surface area (Å²) in [7, 11) is 0. The maximum atomic E-state index is 13.6. The Labute approximate surface area is 156 Å². The number of hydrogen-bond donors (Lipinski definition) is 1. The second-order valence-electron chi connectivity index (χ2n) is 6.65. The maximum Gasteiger partial charge on any atom is 0.253 e. The molecular weight excluding hydrogens is 355 g/mol. The number of carbonyl (C=O) groups excluding carboxylic acids is 2. The summed E-state index contributed by atoms with van der Waals surface area (Å²) in [6, 6.07) is 10.0. The molecule has 1 fully saturated rings. The zero-order chi connectivity index (χ0) is 18.8. The molecule has 2 amide bonds. The predicted octanol–water partition coefficient (Wildman–Crippen LogP) is 3.79. The van der Waals surface area contributed by atoms with Crippen molar-refractivity contribution in [2.45, 2.75) is 19.8 Å². The molecule has 0 spiro atoms. The topological polar surface area (TPSA) is 63.4 Å². The molecule has 26 heavy (non-hydrogen) atoms. The molecule has 0 unspecified atom stereocenters. The molecule has 1 aliphatic rings. The Morgan fingerprint density at radius 2 is 2.04 bits per heavy atom. The standard InChI is InChI=1S/C20H20ClFN2O2/c1-12-8-16(17(21)10-18(12)22)13-4-2-5-14(9-13)20(26)24-7-3-6-15(11-24)19(23)25/h2,4-5,8-10,15H,3,6-7,11H2,1H3,(H2,23,25)/t15-/m0/s1. The monoisotopic (exact) mass is 374 g/mol. The van der Waals surface area contributed by atoms with E-state index in [1.807, 2.05) is 6.07 Å². The third kappa shape index (κ3) is 3.73. The van der Waals surface area contributed by atoms with E-state index in [-0.39, 0.29) is 23.5 Å². The Kier molecular flexibility index (Phi) is 5.28. The van der Waals surface area contributed by atoms with Gasteiger partial charge >= 0.3 is 0 Å². The fraction of sp³-hybridized carbons (Fsp3) is 0.300. The first-order valence-electron chi connectivity index (χ1n) is 8.51. The van der Waals surface area contributed by atoms with Crippen LogP contribution in [0.15, 0.2) is 36.4 Å². The Morgan fingerprint density at radius 3 is 2.77 bits per heavy atom. The van der Waals surface area contributed by atoms with Crippen molar-refractivity contribution in [1.29, 1.82) is 0 Å². The fourth-order valence-corrected chi connectivity index (χ4v) is 3.53. The molecule has 136 valence electrons. The number of benzene rings is 2. The molecule has 1 heterocycles. The molecule has 2 N–H and O–H groups in total. The van der Waals surface area contributed by atoms with Crippen LogP contribution in [0, 0.1) is 18.7 Å². The number of hydrogen-bond acceptors (Lipinski definition) is 2. The number of amides is 2. The van der Waals surface area contributed by atoms with Crippen LogP contribution in [0.2, 0.25) is 5.02 Å². The van der Waals surface area contributed by atoms with Gasteiger partial charge in [-0.2, -0.15) is 0 Å². The van der Waals surface area contributed by atoms with E-state index in [1.54, 1.807) is 36.1 Å². The van der Waals surface area contributed by atoms with Gasteiger partial charge in [-0.3, -0.25) is 9.59 Å². The number of nitrogens with zero attached hydrogens (tertiary/aromatic N) is 1. The van der Waals surface area contributed by atoms with Crippen molar-refractivity contribution in [1.82, 2.24) is 4.90 Å². The van der Waals surface area contributed by atoms with Crippen LogP contribution in [0.5, 0.6) is 0 Å². The minimum atomic E-state index is -0.371. The van der Waals surface area contributed by atoms with Gasteiger partial charge in [-0.1, -0.05) is 23.7 Å². The number of rotatable bonds is 3. The molecule has 0 aromatic heterocycles. The van der Waals surface area contributed by atoms with Crippen LogP contribution >= 0.6 is 11.6 Å².